The number of hydrogen-bond donors (Lipinski definition) is 3. The molecule has 0 atom stereocenters. The largest absolute Gasteiger partial charge is 0.337 e. The van der Waals surface area contributed by atoms with Crippen molar-refractivity contribution in [2.45, 2.75) is 0 Å². The Morgan fingerprint density at radius 1 is 1.24 bits per heavy atom. The van der Waals surface area contributed by atoms with E-state index in [1.54, 1.807) is 17.5 Å². The number of aromatic nitrogens is 3. The predicted molar refractivity (Wildman–Crippen MR) is 100 cm³/mol. The summed E-state index contributed by atoms with van der Waals surface area (Å²) in [4.78, 5) is 9.01. The zero-order chi connectivity index (χ0) is 16.8. The molecule has 4 aromatic rings. The van der Waals surface area contributed by atoms with E-state index in [9.17, 15) is 0 Å². The monoisotopic (exact) mass is 349 g/mol. The maximum Gasteiger partial charge on any atom is 0.180 e. The molecule has 0 saturated heterocycles. The van der Waals surface area contributed by atoms with E-state index in [-0.39, 0.29) is 0 Å². The van der Waals surface area contributed by atoms with E-state index in [1.165, 1.54) is 15.2 Å². The van der Waals surface area contributed by atoms with E-state index in [1.807, 2.05) is 23.0 Å². The van der Waals surface area contributed by atoms with Gasteiger partial charge in [-0.3, -0.25) is 9.52 Å². The standard InChI is InChI=1S/C17H15N7S/c18-24-10-12(8-21-24)14-9-20-17-16(19-4-5-23(14)17)22-13-1-2-15-11(7-13)3-6-25-15/h1-7,9-10,21H,8,18H2,(H,19,22). The van der Waals surface area contributed by atoms with Crippen molar-refractivity contribution >= 4 is 44.1 Å². The second-order valence-corrected chi connectivity index (χ2v) is 6.76. The highest BCUT2D eigenvalue weighted by atomic mass is 32.1. The van der Waals surface area contributed by atoms with Crippen LogP contribution in [0.5, 0.6) is 0 Å². The SMILES string of the molecule is NN1C=C(c2cnc3c(Nc4ccc5sccc5c4)nccn23)CN1. The average molecular weight is 349 g/mol. The highest BCUT2D eigenvalue weighted by Crippen LogP contribution is 2.27. The fourth-order valence-electron chi connectivity index (χ4n) is 3.02. The van der Waals surface area contributed by atoms with Gasteiger partial charge in [-0.05, 0) is 35.0 Å². The molecule has 4 N–H and O–H groups in total. The Hall–Kier alpha value is -2.94. The first kappa shape index (κ1) is 14.4. The van der Waals surface area contributed by atoms with E-state index >= 15 is 0 Å². The van der Waals surface area contributed by atoms with Crippen LogP contribution in [0.4, 0.5) is 11.5 Å². The molecule has 0 amide bonds. The maximum atomic E-state index is 5.74. The Morgan fingerprint density at radius 2 is 2.20 bits per heavy atom. The van der Waals surface area contributed by atoms with Gasteiger partial charge in [0.05, 0.1) is 11.9 Å². The van der Waals surface area contributed by atoms with Gasteiger partial charge in [0.25, 0.3) is 0 Å². The molecule has 0 fully saturated rings. The van der Waals surface area contributed by atoms with Gasteiger partial charge in [-0.2, -0.15) is 0 Å². The molecule has 5 rings (SSSR count). The lowest BCUT2D eigenvalue weighted by Gasteiger charge is -2.08. The van der Waals surface area contributed by atoms with Crippen LogP contribution in [0.3, 0.4) is 0 Å². The van der Waals surface area contributed by atoms with Crippen molar-refractivity contribution in [1.82, 2.24) is 24.9 Å². The smallest absolute Gasteiger partial charge is 0.180 e. The minimum Gasteiger partial charge on any atom is -0.337 e. The Labute approximate surface area is 147 Å². The van der Waals surface area contributed by atoms with Gasteiger partial charge < -0.3 is 5.32 Å². The Bertz CT molecular complexity index is 1110. The number of hydrazine groups is 2. The van der Waals surface area contributed by atoms with Crippen molar-refractivity contribution in [3.05, 3.63) is 60.1 Å². The third kappa shape index (κ3) is 2.43. The first-order valence-corrected chi connectivity index (χ1v) is 8.71. The lowest BCUT2D eigenvalue weighted by atomic mass is 10.2. The van der Waals surface area contributed by atoms with Crippen LogP contribution in [0.1, 0.15) is 5.69 Å². The molecule has 0 unspecified atom stereocenters. The van der Waals surface area contributed by atoms with Crippen molar-refractivity contribution in [3.8, 4) is 0 Å². The zero-order valence-corrected chi connectivity index (χ0v) is 14.0. The summed E-state index contributed by atoms with van der Waals surface area (Å²) in [6.45, 7) is 0.671. The molecule has 0 saturated carbocycles. The number of thiophene rings is 1. The topological polar surface area (TPSA) is 83.5 Å². The molecule has 1 aliphatic heterocycles. The van der Waals surface area contributed by atoms with Gasteiger partial charge in [0.15, 0.2) is 11.5 Å². The molecular weight excluding hydrogens is 334 g/mol. The Kier molecular flexibility index (Phi) is 3.20. The third-order valence-electron chi connectivity index (χ3n) is 4.22. The highest BCUT2D eigenvalue weighted by molar-refractivity contribution is 7.17. The molecule has 0 aliphatic carbocycles. The van der Waals surface area contributed by atoms with E-state index < -0.39 is 0 Å². The van der Waals surface area contributed by atoms with Crippen LogP contribution in [0.2, 0.25) is 0 Å². The fraction of sp³-hybridized carbons (Fsp3) is 0.0588. The number of nitrogens with zero attached hydrogens (tertiary/aromatic N) is 4. The van der Waals surface area contributed by atoms with Crippen molar-refractivity contribution in [2.24, 2.45) is 5.84 Å². The summed E-state index contributed by atoms with van der Waals surface area (Å²) in [5, 5.41) is 8.16. The van der Waals surface area contributed by atoms with Gasteiger partial charge in [-0.1, -0.05) is 0 Å². The maximum absolute atomic E-state index is 5.74. The van der Waals surface area contributed by atoms with E-state index in [4.69, 9.17) is 5.84 Å². The Balaban J connectivity index is 1.55. The number of hydrogen-bond acceptors (Lipinski definition) is 7. The lowest BCUT2D eigenvalue weighted by molar-refractivity contribution is 0.319. The summed E-state index contributed by atoms with van der Waals surface area (Å²) in [7, 11) is 0. The second kappa shape index (κ2) is 5.55. The zero-order valence-electron chi connectivity index (χ0n) is 13.2. The number of imidazole rings is 1. The summed E-state index contributed by atoms with van der Waals surface area (Å²) in [6, 6.07) is 8.41. The fourth-order valence-corrected chi connectivity index (χ4v) is 3.79. The van der Waals surface area contributed by atoms with Crippen molar-refractivity contribution in [1.29, 1.82) is 0 Å². The first-order chi connectivity index (χ1) is 12.3. The summed E-state index contributed by atoms with van der Waals surface area (Å²) in [5.41, 5.74) is 6.88. The van der Waals surface area contributed by atoms with Crippen LogP contribution in [0.15, 0.2) is 54.4 Å². The minimum absolute atomic E-state index is 0.671. The normalized spacial score (nSPS) is 14.4. The van der Waals surface area contributed by atoms with Crippen LogP contribution in [0.25, 0.3) is 21.3 Å². The van der Waals surface area contributed by atoms with Crippen LogP contribution >= 0.6 is 11.3 Å². The summed E-state index contributed by atoms with van der Waals surface area (Å²) in [5.74, 6) is 6.46. The van der Waals surface area contributed by atoms with Crippen molar-refractivity contribution < 1.29 is 0 Å². The second-order valence-electron chi connectivity index (χ2n) is 5.81. The van der Waals surface area contributed by atoms with Gasteiger partial charge in [0, 0.05) is 41.1 Å². The summed E-state index contributed by atoms with van der Waals surface area (Å²) < 4.78 is 3.29. The van der Waals surface area contributed by atoms with E-state index in [0.29, 0.717) is 6.54 Å². The quantitative estimate of drug-likeness (QED) is 0.493. The van der Waals surface area contributed by atoms with Crippen LogP contribution in [0, 0.1) is 0 Å². The first-order valence-electron chi connectivity index (χ1n) is 7.83. The lowest BCUT2D eigenvalue weighted by Crippen LogP contribution is -2.34. The van der Waals surface area contributed by atoms with Crippen LogP contribution < -0.4 is 16.6 Å². The molecule has 3 aromatic heterocycles. The average Bonchev–Trinajstić information content (AvgIpc) is 3.33. The van der Waals surface area contributed by atoms with Crippen molar-refractivity contribution in [3.63, 3.8) is 0 Å². The molecule has 0 bridgehead atoms. The molecule has 124 valence electrons. The molecule has 0 radical (unpaired) electrons. The number of anilines is 2. The number of rotatable bonds is 3. The number of benzene rings is 1. The van der Waals surface area contributed by atoms with Gasteiger partial charge in [-0.15, -0.1) is 11.3 Å². The Morgan fingerprint density at radius 3 is 3.08 bits per heavy atom. The molecule has 7 nitrogen and oxygen atoms in total. The van der Waals surface area contributed by atoms with Crippen LogP contribution in [-0.4, -0.2) is 26.0 Å². The van der Waals surface area contributed by atoms with Crippen molar-refractivity contribution in [2.75, 3.05) is 11.9 Å². The van der Waals surface area contributed by atoms with Gasteiger partial charge in [0.1, 0.15) is 0 Å². The van der Waals surface area contributed by atoms with Gasteiger partial charge in [-0.25, -0.2) is 21.2 Å². The van der Waals surface area contributed by atoms with E-state index in [2.05, 4.69) is 50.4 Å². The molecule has 4 heterocycles. The van der Waals surface area contributed by atoms with Crippen LogP contribution in [-0.2, 0) is 0 Å². The summed E-state index contributed by atoms with van der Waals surface area (Å²) >= 11 is 1.74. The summed E-state index contributed by atoms with van der Waals surface area (Å²) in [6.07, 6.45) is 7.39. The molecule has 8 heteroatoms. The van der Waals surface area contributed by atoms with Gasteiger partial charge >= 0.3 is 0 Å². The number of fused-ring (bicyclic) bond motifs is 2. The highest BCUT2D eigenvalue weighted by Gasteiger charge is 2.16. The molecule has 25 heavy (non-hydrogen) atoms. The molecule has 0 spiro atoms. The van der Waals surface area contributed by atoms with Gasteiger partial charge in [0.2, 0.25) is 0 Å². The molecule has 1 aliphatic rings. The third-order valence-corrected chi connectivity index (χ3v) is 5.12. The minimum atomic E-state index is 0.671. The number of nitrogens with one attached hydrogen (secondary N) is 2. The predicted octanol–water partition coefficient (Wildman–Crippen LogP) is 2.72. The van der Waals surface area contributed by atoms with E-state index in [0.717, 1.165) is 28.4 Å². The molecule has 1 aromatic carbocycles. The molecular formula is C17H15N7S. The number of nitrogens with two attached hydrogens (primary N) is 1.